The van der Waals surface area contributed by atoms with E-state index in [1.165, 1.54) is 0 Å². The Morgan fingerprint density at radius 2 is 2.11 bits per heavy atom. The quantitative estimate of drug-likeness (QED) is 0.802. The van der Waals surface area contributed by atoms with Gasteiger partial charge in [-0.05, 0) is 37.5 Å². The molecule has 0 atom stereocenters. The molecule has 0 radical (unpaired) electrons. The molecule has 0 unspecified atom stereocenters. The Bertz CT molecular complexity index is 455. The van der Waals surface area contributed by atoms with E-state index in [0.29, 0.717) is 18.7 Å². The summed E-state index contributed by atoms with van der Waals surface area (Å²) in [5, 5.41) is 2.79. The molecule has 1 aromatic heterocycles. The lowest BCUT2D eigenvalue weighted by atomic mass is 9.81. The molecule has 98 valence electrons. The lowest BCUT2D eigenvalue weighted by Gasteiger charge is -2.28. The van der Waals surface area contributed by atoms with Crippen LogP contribution in [-0.4, -0.2) is 15.9 Å². The van der Waals surface area contributed by atoms with Crippen molar-refractivity contribution in [2.45, 2.75) is 33.6 Å². The second-order valence-corrected chi connectivity index (χ2v) is 4.77. The predicted octanol–water partition coefficient (Wildman–Crippen LogP) is 2.42. The highest BCUT2D eigenvalue weighted by Crippen LogP contribution is 2.28. The van der Waals surface area contributed by atoms with Crippen molar-refractivity contribution < 1.29 is 4.79 Å². The van der Waals surface area contributed by atoms with Crippen molar-refractivity contribution in [3.8, 4) is 0 Å². The van der Waals surface area contributed by atoms with E-state index in [-0.39, 0.29) is 10.9 Å². The molecule has 3 N–H and O–H groups in total. The number of pyridine rings is 1. The van der Waals surface area contributed by atoms with Crippen LogP contribution in [0.2, 0.25) is 0 Å². The highest BCUT2D eigenvalue weighted by molar-refractivity contribution is 7.80. The van der Waals surface area contributed by atoms with Gasteiger partial charge in [0, 0.05) is 6.20 Å². The summed E-state index contributed by atoms with van der Waals surface area (Å²) in [6.07, 6.45) is 2.82. The Morgan fingerprint density at radius 1 is 1.50 bits per heavy atom. The van der Waals surface area contributed by atoms with Crippen LogP contribution < -0.4 is 11.1 Å². The van der Waals surface area contributed by atoms with Crippen LogP contribution in [0.25, 0.3) is 0 Å². The van der Waals surface area contributed by atoms with Gasteiger partial charge >= 0.3 is 0 Å². The summed E-state index contributed by atoms with van der Waals surface area (Å²) in [7, 11) is 0. The summed E-state index contributed by atoms with van der Waals surface area (Å²) in [6.45, 7) is 5.76. The first-order chi connectivity index (χ1) is 8.46. The third kappa shape index (κ3) is 2.85. The zero-order valence-corrected chi connectivity index (χ0v) is 11.8. The zero-order chi connectivity index (χ0) is 13.8. The first-order valence-electron chi connectivity index (χ1n) is 6.00. The van der Waals surface area contributed by atoms with Crippen molar-refractivity contribution in [3.63, 3.8) is 0 Å². The molecule has 4 nitrogen and oxygen atoms in total. The number of anilines is 1. The molecule has 18 heavy (non-hydrogen) atoms. The molecule has 5 heteroatoms. The number of nitrogens with two attached hydrogens (primary N) is 1. The first kappa shape index (κ1) is 14.6. The van der Waals surface area contributed by atoms with Crippen molar-refractivity contribution >= 4 is 28.9 Å². The van der Waals surface area contributed by atoms with Crippen molar-refractivity contribution in [1.82, 2.24) is 4.98 Å². The molecule has 1 rings (SSSR count). The number of nitrogens with one attached hydrogen (secondary N) is 1. The number of hydrogen-bond donors (Lipinski definition) is 2. The molecule has 0 bridgehead atoms. The Labute approximate surface area is 113 Å². The lowest BCUT2D eigenvalue weighted by molar-refractivity contribution is -0.122. The molecule has 0 fully saturated rings. The van der Waals surface area contributed by atoms with Crippen molar-refractivity contribution in [2.24, 2.45) is 11.1 Å². The number of aromatic nitrogens is 1. The van der Waals surface area contributed by atoms with E-state index in [1.807, 2.05) is 32.9 Å². The maximum absolute atomic E-state index is 12.3. The summed E-state index contributed by atoms with van der Waals surface area (Å²) in [6, 6.07) is 3.68. The predicted molar refractivity (Wildman–Crippen MR) is 77.4 cm³/mol. The van der Waals surface area contributed by atoms with Crippen LogP contribution in [0.1, 0.15) is 32.3 Å². The number of hydrogen-bond acceptors (Lipinski definition) is 3. The normalized spacial score (nSPS) is 11.1. The van der Waals surface area contributed by atoms with E-state index in [4.69, 9.17) is 18.0 Å². The van der Waals surface area contributed by atoms with Gasteiger partial charge in [-0.25, -0.2) is 4.98 Å². The van der Waals surface area contributed by atoms with Gasteiger partial charge in [-0.3, -0.25) is 4.79 Å². The second-order valence-electron chi connectivity index (χ2n) is 4.33. The Balaban J connectivity index is 2.96. The minimum atomic E-state index is -0.791. The van der Waals surface area contributed by atoms with E-state index in [2.05, 4.69) is 10.3 Å². The summed E-state index contributed by atoms with van der Waals surface area (Å²) < 4.78 is 0. The minimum absolute atomic E-state index is 0.182. The summed E-state index contributed by atoms with van der Waals surface area (Å²) >= 11 is 5.04. The average molecular weight is 265 g/mol. The maximum Gasteiger partial charge on any atom is 0.238 e. The van der Waals surface area contributed by atoms with E-state index in [1.54, 1.807) is 6.20 Å². The first-order valence-corrected chi connectivity index (χ1v) is 6.41. The smallest absolute Gasteiger partial charge is 0.238 e. The topological polar surface area (TPSA) is 68.0 Å². The van der Waals surface area contributed by atoms with Gasteiger partial charge in [0.15, 0.2) is 0 Å². The van der Waals surface area contributed by atoms with E-state index in [0.717, 1.165) is 5.56 Å². The van der Waals surface area contributed by atoms with Crippen LogP contribution >= 0.6 is 12.2 Å². The second kappa shape index (κ2) is 5.91. The fourth-order valence-corrected chi connectivity index (χ4v) is 2.25. The number of nitrogens with zero attached hydrogens (tertiary/aromatic N) is 1. The van der Waals surface area contributed by atoms with Crippen LogP contribution in [0.4, 0.5) is 5.82 Å². The van der Waals surface area contributed by atoms with Crippen LogP contribution in [0, 0.1) is 12.3 Å². The van der Waals surface area contributed by atoms with Gasteiger partial charge in [-0.1, -0.05) is 26.1 Å². The monoisotopic (exact) mass is 265 g/mol. The Morgan fingerprint density at radius 3 is 2.56 bits per heavy atom. The Hall–Kier alpha value is -1.49. The van der Waals surface area contributed by atoms with E-state index < -0.39 is 5.41 Å². The maximum atomic E-state index is 12.3. The highest BCUT2D eigenvalue weighted by Gasteiger charge is 2.38. The molecule has 0 aromatic carbocycles. The summed E-state index contributed by atoms with van der Waals surface area (Å²) in [5.74, 6) is 0.348. The molecular weight excluding hydrogens is 246 g/mol. The number of amides is 1. The molecule has 0 saturated heterocycles. The zero-order valence-electron chi connectivity index (χ0n) is 11.0. The van der Waals surface area contributed by atoms with Gasteiger partial charge in [0.25, 0.3) is 0 Å². The molecular formula is C13H19N3OS. The molecule has 0 aliphatic heterocycles. The van der Waals surface area contributed by atoms with Crippen LogP contribution in [0.3, 0.4) is 0 Å². The third-order valence-electron chi connectivity index (χ3n) is 3.27. The molecule has 1 aromatic rings. The van der Waals surface area contributed by atoms with Gasteiger partial charge in [-0.15, -0.1) is 0 Å². The largest absolute Gasteiger partial charge is 0.392 e. The van der Waals surface area contributed by atoms with Gasteiger partial charge < -0.3 is 11.1 Å². The molecule has 0 saturated carbocycles. The fourth-order valence-electron chi connectivity index (χ4n) is 1.87. The van der Waals surface area contributed by atoms with E-state index >= 15 is 0 Å². The van der Waals surface area contributed by atoms with Crippen LogP contribution in [0.15, 0.2) is 18.3 Å². The molecule has 0 aliphatic rings. The van der Waals surface area contributed by atoms with Crippen molar-refractivity contribution in [3.05, 3.63) is 23.9 Å². The van der Waals surface area contributed by atoms with Crippen LogP contribution in [-0.2, 0) is 4.79 Å². The molecule has 0 aliphatic carbocycles. The SMILES string of the molecule is CCC(CC)(C(=O)Nc1cc(C)ccn1)C(N)=S. The van der Waals surface area contributed by atoms with Gasteiger partial charge in [0.1, 0.15) is 5.82 Å². The van der Waals surface area contributed by atoms with E-state index in [9.17, 15) is 4.79 Å². The van der Waals surface area contributed by atoms with Gasteiger partial charge in [-0.2, -0.15) is 0 Å². The number of carbonyl (C=O) groups excluding carboxylic acids is 1. The third-order valence-corrected chi connectivity index (χ3v) is 3.66. The standard InChI is InChI=1S/C13H19N3OS/c1-4-13(5-2,11(14)18)12(17)16-10-8-9(3)6-7-15-10/h6-8H,4-5H2,1-3H3,(H2,14,18)(H,15,16,17). The molecule has 1 amide bonds. The van der Waals surface area contributed by atoms with Crippen molar-refractivity contribution in [2.75, 3.05) is 5.32 Å². The molecule has 0 spiro atoms. The number of carbonyl (C=O) groups is 1. The summed E-state index contributed by atoms with van der Waals surface area (Å²) in [5.41, 5.74) is 5.97. The number of aryl methyl sites for hydroxylation is 1. The van der Waals surface area contributed by atoms with Crippen molar-refractivity contribution in [1.29, 1.82) is 0 Å². The molecule has 1 heterocycles. The number of rotatable bonds is 5. The fraction of sp³-hybridized carbons (Fsp3) is 0.462. The highest BCUT2D eigenvalue weighted by atomic mass is 32.1. The Kier molecular flexibility index (Phi) is 4.78. The lowest BCUT2D eigenvalue weighted by Crippen LogP contribution is -2.45. The number of thiocarbonyl (C=S) groups is 1. The van der Waals surface area contributed by atoms with Gasteiger partial charge in [0.05, 0.1) is 10.4 Å². The average Bonchev–Trinajstić information content (AvgIpc) is 2.30. The summed E-state index contributed by atoms with van der Waals surface area (Å²) in [4.78, 5) is 16.7. The van der Waals surface area contributed by atoms with Crippen LogP contribution in [0.5, 0.6) is 0 Å². The van der Waals surface area contributed by atoms with Gasteiger partial charge in [0.2, 0.25) is 5.91 Å². The minimum Gasteiger partial charge on any atom is -0.392 e.